The monoisotopic (exact) mass is 500 g/mol. The van der Waals surface area contributed by atoms with E-state index in [0.29, 0.717) is 34.8 Å². The first-order chi connectivity index (χ1) is 16.8. The molecule has 0 spiro atoms. The van der Waals surface area contributed by atoms with E-state index in [4.69, 9.17) is 30.5 Å². The van der Waals surface area contributed by atoms with Gasteiger partial charge in [-0.25, -0.2) is 4.79 Å². The second-order valence-corrected chi connectivity index (χ2v) is 10.8. The summed E-state index contributed by atoms with van der Waals surface area (Å²) in [6.07, 6.45) is 1.76. The van der Waals surface area contributed by atoms with Crippen LogP contribution in [0.1, 0.15) is 38.3 Å². The van der Waals surface area contributed by atoms with Crippen LogP contribution in [-0.4, -0.2) is 57.6 Å². The second-order valence-electron chi connectivity index (χ2n) is 10.4. The maximum atomic E-state index is 13.1. The van der Waals surface area contributed by atoms with Gasteiger partial charge in [-0.05, 0) is 62.2 Å². The SMILES string of the molecule is COc1ccc(Cl)c(-c2cc3c(cc2OC)C(NC(=O)O[C@@H]2CN4CCC2CC4)C(C)(C)CO3)c1. The number of amides is 1. The van der Waals surface area contributed by atoms with Crippen LogP contribution in [0.15, 0.2) is 30.3 Å². The molecule has 4 aliphatic rings. The first-order valence-electron chi connectivity index (χ1n) is 12.2. The Kier molecular flexibility index (Phi) is 6.49. The predicted molar refractivity (Wildman–Crippen MR) is 135 cm³/mol. The summed E-state index contributed by atoms with van der Waals surface area (Å²) in [5, 5.41) is 3.73. The molecule has 7 nitrogen and oxygen atoms in total. The van der Waals surface area contributed by atoms with Crippen molar-refractivity contribution >= 4 is 17.7 Å². The Hall–Kier alpha value is -2.64. The number of nitrogens with one attached hydrogen (secondary N) is 1. The molecule has 2 aromatic rings. The summed E-state index contributed by atoms with van der Waals surface area (Å²) in [7, 11) is 3.24. The van der Waals surface area contributed by atoms with Crippen molar-refractivity contribution < 1.29 is 23.7 Å². The summed E-state index contributed by atoms with van der Waals surface area (Å²) in [6, 6.07) is 9.05. The lowest BCUT2D eigenvalue weighted by Crippen LogP contribution is -2.53. The quantitative estimate of drug-likeness (QED) is 0.600. The van der Waals surface area contributed by atoms with E-state index in [1.807, 2.05) is 24.3 Å². The van der Waals surface area contributed by atoms with Crippen LogP contribution in [0.2, 0.25) is 5.02 Å². The number of methoxy groups -OCH3 is 2. The van der Waals surface area contributed by atoms with Crippen LogP contribution in [0, 0.1) is 11.3 Å². The van der Waals surface area contributed by atoms with Gasteiger partial charge in [0.25, 0.3) is 0 Å². The molecule has 2 atom stereocenters. The van der Waals surface area contributed by atoms with Gasteiger partial charge < -0.3 is 24.3 Å². The van der Waals surface area contributed by atoms with Gasteiger partial charge in [-0.1, -0.05) is 25.4 Å². The molecule has 8 heteroatoms. The summed E-state index contributed by atoms with van der Waals surface area (Å²) < 4.78 is 23.3. The van der Waals surface area contributed by atoms with Gasteiger partial charge in [0.2, 0.25) is 0 Å². The van der Waals surface area contributed by atoms with Crippen molar-refractivity contribution in [2.75, 3.05) is 40.5 Å². The Bertz CT molecular complexity index is 1110. The van der Waals surface area contributed by atoms with Crippen molar-refractivity contribution in [2.24, 2.45) is 11.3 Å². The Labute approximate surface area is 211 Å². The van der Waals surface area contributed by atoms with Crippen molar-refractivity contribution in [3.63, 3.8) is 0 Å². The van der Waals surface area contributed by atoms with Gasteiger partial charge in [0.1, 0.15) is 23.4 Å². The fraction of sp³-hybridized carbons (Fsp3) is 0.519. The van der Waals surface area contributed by atoms with Crippen LogP contribution < -0.4 is 19.5 Å². The van der Waals surface area contributed by atoms with E-state index < -0.39 is 0 Å². The van der Waals surface area contributed by atoms with E-state index >= 15 is 0 Å². The average molecular weight is 501 g/mol. The fourth-order valence-corrected chi connectivity index (χ4v) is 5.74. The molecule has 4 aliphatic heterocycles. The highest BCUT2D eigenvalue weighted by Crippen LogP contribution is 2.48. The number of halogens is 1. The highest BCUT2D eigenvalue weighted by atomic mass is 35.5. The molecule has 3 saturated heterocycles. The van der Waals surface area contributed by atoms with E-state index in [2.05, 4.69) is 24.1 Å². The smallest absolute Gasteiger partial charge is 0.407 e. The Morgan fingerprint density at radius 2 is 1.89 bits per heavy atom. The first kappa shape index (κ1) is 24.1. The van der Waals surface area contributed by atoms with Crippen LogP contribution in [-0.2, 0) is 4.74 Å². The third-order valence-electron chi connectivity index (χ3n) is 7.60. The van der Waals surface area contributed by atoms with Crippen LogP contribution in [0.4, 0.5) is 4.79 Å². The number of nitrogens with zero attached hydrogens (tertiary/aromatic N) is 1. The van der Waals surface area contributed by atoms with E-state index in [9.17, 15) is 4.79 Å². The largest absolute Gasteiger partial charge is 0.497 e. The highest BCUT2D eigenvalue weighted by molar-refractivity contribution is 6.33. The van der Waals surface area contributed by atoms with Crippen LogP contribution in [0.3, 0.4) is 0 Å². The van der Waals surface area contributed by atoms with Gasteiger partial charge in [0.05, 0.1) is 26.9 Å². The van der Waals surface area contributed by atoms with Crippen molar-refractivity contribution in [3.8, 4) is 28.4 Å². The van der Waals surface area contributed by atoms with Crippen LogP contribution in [0.5, 0.6) is 17.2 Å². The van der Waals surface area contributed by atoms with Gasteiger partial charge in [-0.3, -0.25) is 4.90 Å². The number of carbonyl (C=O) groups excluding carboxylic acids is 1. The molecule has 1 N–H and O–H groups in total. The normalized spacial score (nSPS) is 26.3. The number of carbonyl (C=O) groups is 1. The lowest BCUT2D eigenvalue weighted by molar-refractivity contribution is -0.0361. The zero-order chi connectivity index (χ0) is 24.7. The van der Waals surface area contributed by atoms with Gasteiger partial charge in [-0.15, -0.1) is 0 Å². The van der Waals surface area contributed by atoms with E-state index in [-0.39, 0.29) is 23.7 Å². The Morgan fingerprint density at radius 3 is 2.54 bits per heavy atom. The molecule has 35 heavy (non-hydrogen) atoms. The number of benzene rings is 2. The molecule has 1 amide bonds. The number of fused-ring (bicyclic) bond motifs is 4. The van der Waals surface area contributed by atoms with Gasteiger partial charge >= 0.3 is 6.09 Å². The highest BCUT2D eigenvalue weighted by Gasteiger charge is 2.41. The predicted octanol–water partition coefficient (Wildman–Crippen LogP) is 5.30. The molecule has 1 unspecified atom stereocenters. The molecule has 0 radical (unpaired) electrons. The number of rotatable bonds is 5. The molecule has 0 aromatic heterocycles. The molecular weight excluding hydrogens is 468 g/mol. The number of alkyl carbamates (subject to hydrolysis) is 1. The Balaban J connectivity index is 1.44. The average Bonchev–Trinajstić information content (AvgIpc) is 2.86. The topological polar surface area (TPSA) is 69.3 Å². The zero-order valence-electron chi connectivity index (χ0n) is 20.7. The molecular formula is C27H33ClN2O5. The standard InChI is InChI=1S/C27H33ClN2O5/c1-27(2)15-34-23-12-19(18-11-17(32-3)5-6-21(18)28)22(33-4)13-20(23)25(27)29-26(31)35-24-14-30-9-7-16(24)8-10-30/h5-6,11-13,16,24-25H,7-10,14-15H2,1-4H3,(H,29,31)/t24-,25?/m1/s1. The summed E-state index contributed by atoms with van der Waals surface area (Å²) in [4.78, 5) is 15.4. The van der Waals surface area contributed by atoms with E-state index in [0.717, 1.165) is 49.2 Å². The summed E-state index contributed by atoms with van der Waals surface area (Å²) >= 11 is 6.53. The minimum atomic E-state index is -0.381. The molecule has 3 fully saturated rings. The number of piperidine rings is 3. The third kappa shape index (κ3) is 4.64. The molecule has 4 heterocycles. The second kappa shape index (κ2) is 9.43. The van der Waals surface area contributed by atoms with E-state index in [1.54, 1.807) is 20.3 Å². The summed E-state index contributed by atoms with van der Waals surface area (Å²) in [5.74, 6) is 2.47. The van der Waals surface area contributed by atoms with Gasteiger partial charge in [0.15, 0.2) is 0 Å². The van der Waals surface area contributed by atoms with Crippen molar-refractivity contribution in [1.29, 1.82) is 0 Å². The lowest BCUT2D eigenvalue weighted by atomic mass is 9.78. The molecule has 0 aliphatic carbocycles. The van der Waals surface area contributed by atoms with Gasteiger partial charge in [-0.2, -0.15) is 0 Å². The molecule has 2 bridgehead atoms. The molecule has 188 valence electrons. The van der Waals surface area contributed by atoms with Crippen molar-refractivity contribution in [3.05, 3.63) is 40.9 Å². The van der Waals surface area contributed by atoms with Crippen molar-refractivity contribution in [2.45, 2.75) is 38.8 Å². The third-order valence-corrected chi connectivity index (χ3v) is 7.93. The minimum absolute atomic E-state index is 0.0490. The Morgan fingerprint density at radius 1 is 1.11 bits per heavy atom. The fourth-order valence-electron chi connectivity index (χ4n) is 5.52. The zero-order valence-corrected chi connectivity index (χ0v) is 21.5. The maximum absolute atomic E-state index is 13.1. The lowest BCUT2D eigenvalue weighted by Gasteiger charge is -2.44. The van der Waals surface area contributed by atoms with Gasteiger partial charge in [0, 0.05) is 33.7 Å². The van der Waals surface area contributed by atoms with Crippen LogP contribution in [0.25, 0.3) is 11.1 Å². The summed E-state index contributed by atoms with van der Waals surface area (Å²) in [6.45, 7) is 7.63. The number of hydrogen-bond acceptors (Lipinski definition) is 6. The van der Waals surface area contributed by atoms with Crippen molar-refractivity contribution in [1.82, 2.24) is 10.2 Å². The van der Waals surface area contributed by atoms with Crippen LogP contribution >= 0.6 is 11.6 Å². The maximum Gasteiger partial charge on any atom is 0.407 e. The number of hydrogen-bond donors (Lipinski definition) is 1. The first-order valence-corrected chi connectivity index (χ1v) is 12.5. The molecule has 0 saturated carbocycles. The number of ether oxygens (including phenoxy) is 4. The molecule has 6 rings (SSSR count). The minimum Gasteiger partial charge on any atom is -0.497 e. The molecule has 2 aromatic carbocycles. The summed E-state index contributed by atoms with van der Waals surface area (Å²) in [5.41, 5.74) is 2.09. The van der Waals surface area contributed by atoms with E-state index in [1.165, 1.54) is 0 Å².